The van der Waals surface area contributed by atoms with Gasteiger partial charge in [-0.05, 0) is 195 Å². The molecular formula is C140H102N6. The van der Waals surface area contributed by atoms with Crippen molar-refractivity contribution >= 4 is 55.7 Å². The Labute approximate surface area is 855 Å². The standard InChI is InChI=1S/C140H102N6/c1-95-55-63-109(64-56-95)125(99-35-15-5-16-36-99)129(103-43-23-9-24-44-103)113-71-83-119(84-72-113)135-141-136(120-85-73-114(74-86-120)130(104-45-25-10-26-46-104)126(100-37-17-6-18-38-100)110-65-57-96(2)58-66-110)144-139(143-135)123-91-79-117(80-92-123)133(107-51-31-13-32-52-107)134(108-53-33-14-34-54-108)118-81-93-124(94-82-118)140-145-137(121-87-75-115(76-88-121)131(105-47-27-11-28-48-105)127(101-39-19-7-20-40-101)111-67-59-97(3)60-68-111)142-138(146-140)122-89-77-116(78-90-122)132(106-49-29-12-30-50-106)128(102-41-21-8-22-42-102)112-69-61-98(4)62-70-112/h5-94H,1-4H3/b129-125-,130-126+,131-127-,132-128+,134-133+. The molecular weight excluding hydrogens is 1770 g/mol. The molecule has 692 valence electrons. The highest BCUT2D eigenvalue weighted by Gasteiger charge is 2.27. The van der Waals surface area contributed by atoms with Gasteiger partial charge in [0.2, 0.25) is 0 Å². The van der Waals surface area contributed by atoms with Crippen molar-refractivity contribution in [3.05, 3.63) is 679 Å². The van der Waals surface area contributed by atoms with Crippen LogP contribution >= 0.6 is 0 Å². The van der Waals surface area contributed by atoms with Crippen LogP contribution in [0.2, 0.25) is 0 Å². The number of aromatic nitrogens is 6. The Morgan fingerprint density at radius 3 is 0.274 bits per heavy atom. The lowest BCUT2D eigenvalue weighted by Crippen LogP contribution is -2.02. The first-order chi connectivity index (χ1) is 72.0. The number of hydrogen-bond acceptors (Lipinski definition) is 6. The summed E-state index contributed by atoms with van der Waals surface area (Å²) in [5.74, 6) is 3.21. The second-order valence-corrected chi connectivity index (χ2v) is 37.0. The summed E-state index contributed by atoms with van der Waals surface area (Å²) in [6, 6.07) is 195. The molecule has 146 heavy (non-hydrogen) atoms. The molecule has 0 saturated heterocycles. The Bertz CT molecular complexity index is 7590. The molecule has 6 nitrogen and oxygen atoms in total. The lowest BCUT2D eigenvalue weighted by molar-refractivity contribution is 1.07. The summed E-state index contributed by atoms with van der Waals surface area (Å²) in [6.45, 7) is 8.56. The van der Waals surface area contributed by atoms with Crippen LogP contribution in [0.1, 0.15) is 134 Å². The molecule has 0 fully saturated rings. The Hall–Kier alpha value is -18.9. The Balaban J connectivity index is 0.678. The third-order valence-electron chi connectivity index (χ3n) is 27.1. The molecule has 0 atom stereocenters. The van der Waals surface area contributed by atoms with Crippen molar-refractivity contribution in [2.75, 3.05) is 0 Å². The number of nitrogens with zero attached hydrogens (tertiary/aromatic N) is 6. The molecule has 0 N–H and O–H groups in total. The molecule has 2 aromatic heterocycles. The second-order valence-electron chi connectivity index (χ2n) is 37.0. The van der Waals surface area contributed by atoms with Crippen molar-refractivity contribution in [1.29, 1.82) is 0 Å². The quantitative estimate of drug-likeness (QED) is 0.0503. The van der Waals surface area contributed by atoms with Crippen LogP contribution < -0.4 is 0 Å². The minimum Gasteiger partial charge on any atom is -0.208 e. The van der Waals surface area contributed by atoms with Gasteiger partial charge in [-0.25, -0.2) is 29.9 Å². The van der Waals surface area contributed by atoms with E-state index in [2.05, 4.69) is 574 Å². The average molecular weight is 1870 g/mol. The molecule has 2 heterocycles. The molecule has 0 bridgehead atoms. The largest absolute Gasteiger partial charge is 0.208 e. The normalized spacial score (nSPS) is 12.2. The first kappa shape index (κ1) is 92.2. The highest BCUT2D eigenvalue weighted by molar-refractivity contribution is 6.10. The maximum Gasteiger partial charge on any atom is 0.164 e. The molecule has 0 radical (unpaired) electrons. The third-order valence-corrected chi connectivity index (χ3v) is 27.1. The van der Waals surface area contributed by atoms with E-state index in [0.29, 0.717) is 34.9 Å². The summed E-state index contributed by atoms with van der Waals surface area (Å²) in [7, 11) is 0. The number of rotatable bonds is 26. The van der Waals surface area contributed by atoms with Crippen LogP contribution in [0.25, 0.3) is 124 Å². The molecule has 0 spiro atoms. The predicted octanol–water partition coefficient (Wildman–Crippen LogP) is 34.3. The minimum absolute atomic E-state index is 0.528. The van der Waals surface area contributed by atoms with E-state index in [1.165, 1.54) is 22.3 Å². The molecule has 0 aliphatic heterocycles. The molecule has 0 unspecified atom stereocenters. The third kappa shape index (κ3) is 20.2. The Kier molecular flexibility index (Phi) is 26.9. The van der Waals surface area contributed by atoms with E-state index in [-0.39, 0.29) is 0 Å². The first-order valence-electron chi connectivity index (χ1n) is 49.8. The van der Waals surface area contributed by atoms with E-state index < -0.39 is 0 Å². The van der Waals surface area contributed by atoms with Gasteiger partial charge in [0.05, 0.1) is 0 Å². The topological polar surface area (TPSA) is 77.3 Å². The fourth-order valence-corrected chi connectivity index (χ4v) is 19.7. The zero-order chi connectivity index (χ0) is 98.4. The van der Waals surface area contributed by atoms with Crippen molar-refractivity contribution in [2.24, 2.45) is 0 Å². The summed E-state index contributed by atoms with van der Waals surface area (Å²) in [5.41, 5.74) is 42.5. The van der Waals surface area contributed by atoms with Gasteiger partial charge in [-0.2, -0.15) is 0 Å². The van der Waals surface area contributed by atoms with Crippen LogP contribution in [-0.2, 0) is 0 Å². The summed E-state index contributed by atoms with van der Waals surface area (Å²) in [4.78, 5) is 33.0. The molecule has 0 aliphatic carbocycles. The fraction of sp³-hybridized carbons (Fsp3) is 0.0286. The molecule has 20 aromatic carbocycles. The van der Waals surface area contributed by atoms with Gasteiger partial charge in [0, 0.05) is 33.4 Å². The van der Waals surface area contributed by atoms with Gasteiger partial charge in [0.25, 0.3) is 0 Å². The highest BCUT2D eigenvalue weighted by Crippen LogP contribution is 2.46. The SMILES string of the molecule is Cc1ccc(/C(=C(/c2ccccc2)c2ccc(-c3nc(-c4ccc(/C(=C(\c5ccccc5)c5ccc(C)cc5)c5ccccc5)cc4)nc(-c4ccc(/C(=C(\c5ccccc5)c5ccc(-c6nc(-c7ccc(/C(=C(/c8ccccc8)c8ccc(C)cc8)c8ccccc8)cc7)nc(-c7ccc(/C(=C(\c8ccccc8)c8ccc(C)cc8)c8ccccc8)cc7)n6)cc5)c5ccccc5)cc4)n3)cc2)c2ccccc2)cc1. The zero-order valence-corrected chi connectivity index (χ0v) is 81.6. The van der Waals surface area contributed by atoms with E-state index >= 15 is 0 Å². The lowest BCUT2D eigenvalue weighted by atomic mass is 9.85. The fourth-order valence-electron chi connectivity index (χ4n) is 19.7. The molecule has 0 amide bonds. The van der Waals surface area contributed by atoms with E-state index in [9.17, 15) is 0 Å². The van der Waals surface area contributed by atoms with Crippen LogP contribution in [-0.4, -0.2) is 29.9 Å². The zero-order valence-electron chi connectivity index (χ0n) is 81.6. The van der Waals surface area contributed by atoms with E-state index in [1.54, 1.807) is 0 Å². The van der Waals surface area contributed by atoms with Gasteiger partial charge in [-0.1, -0.05) is 568 Å². The van der Waals surface area contributed by atoms with Crippen LogP contribution in [0, 0.1) is 27.7 Å². The Morgan fingerprint density at radius 2 is 0.178 bits per heavy atom. The highest BCUT2D eigenvalue weighted by atomic mass is 15.0. The van der Waals surface area contributed by atoms with Gasteiger partial charge >= 0.3 is 0 Å². The van der Waals surface area contributed by atoms with Gasteiger partial charge in [0.15, 0.2) is 34.9 Å². The maximum absolute atomic E-state index is 5.52. The van der Waals surface area contributed by atoms with Crippen LogP contribution in [0.4, 0.5) is 0 Å². The van der Waals surface area contributed by atoms with E-state index in [0.717, 1.165) is 200 Å². The Morgan fingerprint density at radius 1 is 0.0959 bits per heavy atom. The number of aryl methyl sites for hydroxylation is 4. The molecule has 0 saturated carbocycles. The van der Waals surface area contributed by atoms with Crippen LogP contribution in [0.5, 0.6) is 0 Å². The molecule has 0 aliphatic rings. The van der Waals surface area contributed by atoms with Crippen LogP contribution in [0.15, 0.2) is 546 Å². The summed E-state index contributed by atoms with van der Waals surface area (Å²) >= 11 is 0. The maximum atomic E-state index is 5.52. The lowest BCUT2D eigenvalue weighted by Gasteiger charge is -2.19. The van der Waals surface area contributed by atoms with Crippen molar-refractivity contribution in [2.45, 2.75) is 27.7 Å². The van der Waals surface area contributed by atoms with Crippen molar-refractivity contribution < 1.29 is 0 Å². The number of benzene rings is 20. The molecule has 22 rings (SSSR count). The summed E-state index contributed by atoms with van der Waals surface area (Å²) < 4.78 is 0. The predicted molar refractivity (Wildman–Crippen MR) is 606 cm³/mol. The van der Waals surface area contributed by atoms with Crippen LogP contribution in [0.3, 0.4) is 0 Å². The van der Waals surface area contributed by atoms with Gasteiger partial charge < -0.3 is 0 Å². The second kappa shape index (κ2) is 42.7. The molecule has 6 heteroatoms. The first-order valence-corrected chi connectivity index (χ1v) is 49.8. The minimum atomic E-state index is 0.528. The van der Waals surface area contributed by atoms with Crippen molar-refractivity contribution in [3.63, 3.8) is 0 Å². The summed E-state index contributed by atoms with van der Waals surface area (Å²) in [6.07, 6.45) is 0. The van der Waals surface area contributed by atoms with Gasteiger partial charge in [0.1, 0.15) is 0 Å². The summed E-state index contributed by atoms with van der Waals surface area (Å²) in [5, 5.41) is 0. The van der Waals surface area contributed by atoms with Crippen molar-refractivity contribution in [3.8, 4) is 68.3 Å². The number of hydrogen-bond donors (Lipinski definition) is 0. The van der Waals surface area contributed by atoms with E-state index in [1.807, 2.05) is 0 Å². The smallest absolute Gasteiger partial charge is 0.164 e. The van der Waals surface area contributed by atoms with E-state index in [4.69, 9.17) is 29.9 Å². The van der Waals surface area contributed by atoms with Gasteiger partial charge in [-0.15, -0.1) is 0 Å². The van der Waals surface area contributed by atoms with Gasteiger partial charge in [-0.3, -0.25) is 0 Å². The average Bonchev–Trinajstić information content (AvgIpc) is 0.778. The molecule has 22 aromatic rings. The van der Waals surface area contributed by atoms with Crippen molar-refractivity contribution in [1.82, 2.24) is 29.9 Å². The monoisotopic (exact) mass is 1870 g/mol.